The molecule has 5 nitrogen and oxygen atoms in total. The van der Waals surface area contributed by atoms with Crippen molar-refractivity contribution < 1.29 is 17.9 Å². The van der Waals surface area contributed by atoms with Crippen molar-refractivity contribution in [3.05, 3.63) is 51.9 Å². The fourth-order valence-electron chi connectivity index (χ4n) is 4.64. The molecule has 1 fully saturated rings. The van der Waals surface area contributed by atoms with Gasteiger partial charge in [-0.3, -0.25) is 4.79 Å². The first-order valence-electron chi connectivity index (χ1n) is 9.37. The molecule has 150 valence electrons. The number of nitrogens with one attached hydrogen (secondary N) is 1. The van der Waals surface area contributed by atoms with Crippen LogP contribution in [0.1, 0.15) is 30.9 Å². The van der Waals surface area contributed by atoms with Gasteiger partial charge in [0.15, 0.2) is 0 Å². The number of thiophene rings is 1. The van der Waals surface area contributed by atoms with Crippen LogP contribution in [0.15, 0.2) is 40.6 Å². The van der Waals surface area contributed by atoms with Crippen LogP contribution in [0, 0.1) is 11.3 Å². The molecule has 1 heterocycles. The van der Waals surface area contributed by atoms with Crippen LogP contribution in [-0.2, 0) is 32.4 Å². The van der Waals surface area contributed by atoms with Gasteiger partial charge in [-0.25, -0.2) is 13.1 Å². The Morgan fingerprint density at radius 1 is 1.29 bits per heavy atom. The molecule has 2 aliphatic rings. The van der Waals surface area contributed by atoms with Crippen molar-refractivity contribution in [2.75, 3.05) is 6.61 Å². The van der Waals surface area contributed by atoms with Gasteiger partial charge in [-0.1, -0.05) is 35.9 Å². The number of hydrogen-bond acceptors (Lipinski definition) is 5. The molecular formula is C20H22ClNO4S2. The highest BCUT2D eigenvalue weighted by Crippen LogP contribution is 2.50. The van der Waals surface area contributed by atoms with Gasteiger partial charge >= 0.3 is 5.97 Å². The van der Waals surface area contributed by atoms with Crippen molar-refractivity contribution in [1.29, 1.82) is 0 Å². The summed E-state index contributed by atoms with van der Waals surface area (Å²) in [7, 11) is -3.78. The minimum Gasteiger partial charge on any atom is -0.466 e. The number of carbonyl (C=O) groups is 1. The van der Waals surface area contributed by atoms with Crippen LogP contribution in [-0.4, -0.2) is 27.0 Å². The van der Waals surface area contributed by atoms with E-state index in [0.29, 0.717) is 17.2 Å². The van der Waals surface area contributed by atoms with Crippen LogP contribution in [0.5, 0.6) is 0 Å². The summed E-state index contributed by atoms with van der Waals surface area (Å²) in [6, 6.07) is 10.6. The normalized spacial score (nSPS) is 26.5. The lowest BCUT2D eigenvalue weighted by atomic mass is 9.77. The second-order valence-corrected chi connectivity index (χ2v) is 11.1. The first-order valence-corrected chi connectivity index (χ1v) is 12.0. The van der Waals surface area contributed by atoms with E-state index in [-0.39, 0.29) is 22.7 Å². The molecule has 28 heavy (non-hydrogen) atoms. The summed E-state index contributed by atoms with van der Waals surface area (Å²) in [5.74, 6) is -0.274. The van der Waals surface area contributed by atoms with Gasteiger partial charge in [0.2, 0.25) is 10.0 Å². The number of sulfonamides is 1. The molecule has 0 saturated heterocycles. The topological polar surface area (TPSA) is 72.5 Å². The van der Waals surface area contributed by atoms with E-state index in [2.05, 4.69) is 10.8 Å². The molecular weight excluding hydrogens is 418 g/mol. The Balaban J connectivity index is 1.75. The number of halogens is 1. The molecule has 2 aliphatic carbocycles. The maximum Gasteiger partial charge on any atom is 0.314 e. The van der Waals surface area contributed by atoms with Crippen LogP contribution in [0.4, 0.5) is 0 Å². The quantitative estimate of drug-likeness (QED) is 0.719. The van der Waals surface area contributed by atoms with Crippen molar-refractivity contribution >= 4 is 38.9 Å². The first kappa shape index (κ1) is 19.9. The fraction of sp³-hybridized carbons (Fsp3) is 0.450. The Hall–Kier alpha value is -1.41. The average molecular weight is 440 g/mol. The van der Waals surface area contributed by atoms with Crippen LogP contribution in [0.2, 0.25) is 4.34 Å². The smallest absolute Gasteiger partial charge is 0.314 e. The van der Waals surface area contributed by atoms with Gasteiger partial charge in [0, 0.05) is 6.04 Å². The van der Waals surface area contributed by atoms with Crippen LogP contribution >= 0.6 is 22.9 Å². The van der Waals surface area contributed by atoms with Gasteiger partial charge in [-0.05, 0) is 61.8 Å². The van der Waals surface area contributed by atoms with Gasteiger partial charge in [-0.2, -0.15) is 0 Å². The molecule has 8 heteroatoms. The van der Waals surface area contributed by atoms with Crippen molar-refractivity contribution in [1.82, 2.24) is 4.72 Å². The predicted molar refractivity (Wildman–Crippen MR) is 109 cm³/mol. The molecule has 3 unspecified atom stereocenters. The molecule has 1 aromatic heterocycles. The summed E-state index contributed by atoms with van der Waals surface area (Å²) in [6.45, 7) is 2.05. The fourth-order valence-corrected chi connectivity index (χ4v) is 7.52. The standard InChI is InChI=1S/C20H22ClNO4S2/c1-2-26-19(23)20-10-9-14(11-13-5-3-4-6-15(13)12-20)18(20)22-28(24,25)17-8-7-16(21)27-17/h3-8,14,18,22H,2,9-12H2,1H3. The lowest BCUT2D eigenvalue weighted by molar-refractivity contribution is -0.156. The number of hydrogen-bond donors (Lipinski definition) is 1. The van der Waals surface area contributed by atoms with E-state index in [4.69, 9.17) is 16.3 Å². The second-order valence-electron chi connectivity index (χ2n) is 7.48. The van der Waals surface area contributed by atoms with Crippen molar-refractivity contribution in [3.8, 4) is 0 Å². The summed E-state index contributed by atoms with van der Waals surface area (Å²) in [4.78, 5) is 13.1. The summed E-state index contributed by atoms with van der Waals surface area (Å²) >= 11 is 6.95. The number of esters is 1. The van der Waals surface area contributed by atoms with Crippen LogP contribution < -0.4 is 4.72 Å². The highest BCUT2D eigenvalue weighted by atomic mass is 35.5. The van der Waals surface area contributed by atoms with E-state index in [9.17, 15) is 13.2 Å². The maximum absolute atomic E-state index is 13.1. The van der Waals surface area contributed by atoms with Gasteiger partial charge in [0.1, 0.15) is 4.21 Å². The van der Waals surface area contributed by atoms with E-state index in [1.165, 1.54) is 11.6 Å². The van der Waals surface area contributed by atoms with E-state index < -0.39 is 21.5 Å². The minimum absolute atomic E-state index is 0.0401. The number of ether oxygens (including phenoxy) is 1. The third-order valence-corrected chi connectivity index (χ3v) is 9.08. The molecule has 1 saturated carbocycles. The highest BCUT2D eigenvalue weighted by molar-refractivity contribution is 7.91. The molecule has 2 aromatic rings. The molecule has 1 aromatic carbocycles. The van der Waals surface area contributed by atoms with Gasteiger partial charge in [0.05, 0.1) is 16.4 Å². The zero-order valence-corrected chi connectivity index (χ0v) is 17.9. The molecule has 0 aliphatic heterocycles. The zero-order chi connectivity index (χ0) is 19.9. The third-order valence-electron chi connectivity index (χ3n) is 5.91. The lowest BCUT2D eigenvalue weighted by Crippen LogP contribution is -2.52. The Labute approximate surface area is 174 Å². The SMILES string of the molecule is CCOC(=O)C12CCC(Cc3ccccc3C1)C2NS(=O)(=O)c1ccc(Cl)s1. The number of fused-ring (bicyclic) bond motifs is 3. The van der Waals surface area contributed by atoms with E-state index >= 15 is 0 Å². The Kier molecular flexibility index (Phi) is 5.29. The van der Waals surface area contributed by atoms with Gasteiger partial charge in [-0.15, -0.1) is 11.3 Å². The molecule has 0 amide bonds. The molecule has 3 atom stereocenters. The van der Waals surface area contributed by atoms with E-state index in [1.54, 1.807) is 13.0 Å². The summed E-state index contributed by atoms with van der Waals surface area (Å²) in [5, 5.41) is 0. The van der Waals surface area contributed by atoms with E-state index in [0.717, 1.165) is 29.7 Å². The maximum atomic E-state index is 13.1. The third kappa shape index (κ3) is 3.38. The largest absolute Gasteiger partial charge is 0.466 e. The Morgan fingerprint density at radius 2 is 2.04 bits per heavy atom. The minimum atomic E-state index is -3.78. The average Bonchev–Trinajstić information content (AvgIpc) is 3.18. The van der Waals surface area contributed by atoms with Crippen molar-refractivity contribution in [3.63, 3.8) is 0 Å². The monoisotopic (exact) mass is 439 g/mol. The highest BCUT2D eigenvalue weighted by Gasteiger charge is 2.57. The summed E-state index contributed by atoms with van der Waals surface area (Å²) < 4.78 is 34.9. The van der Waals surface area contributed by atoms with Gasteiger partial charge < -0.3 is 4.74 Å². The predicted octanol–water partition coefficient (Wildman–Crippen LogP) is 3.81. The molecule has 0 radical (unpaired) electrons. The second kappa shape index (κ2) is 7.44. The summed E-state index contributed by atoms with van der Waals surface area (Å²) in [5.41, 5.74) is 1.39. The lowest BCUT2D eigenvalue weighted by Gasteiger charge is -2.34. The van der Waals surface area contributed by atoms with E-state index in [1.807, 2.05) is 18.2 Å². The van der Waals surface area contributed by atoms with Crippen LogP contribution in [0.3, 0.4) is 0 Å². The Bertz CT molecular complexity index is 1000. The van der Waals surface area contributed by atoms with Crippen LogP contribution in [0.25, 0.3) is 0 Å². The number of benzene rings is 1. The molecule has 2 bridgehead atoms. The Morgan fingerprint density at radius 3 is 2.71 bits per heavy atom. The van der Waals surface area contributed by atoms with Gasteiger partial charge in [0.25, 0.3) is 0 Å². The summed E-state index contributed by atoms with van der Waals surface area (Å²) in [6.07, 6.45) is 2.63. The molecule has 1 N–H and O–H groups in total. The zero-order valence-electron chi connectivity index (χ0n) is 15.5. The van der Waals surface area contributed by atoms with Crippen molar-refractivity contribution in [2.45, 2.75) is 42.9 Å². The molecule has 0 spiro atoms. The molecule has 4 rings (SSSR count). The number of carbonyl (C=O) groups excluding carboxylic acids is 1. The first-order chi connectivity index (χ1) is 13.4. The number of rotatable bonds is 5. The van der Waals surface area contributed by atoms with Crippen molar-refractivity contribution in [2.24, 2.45) is 11.3 Å².